The van der Waals surface area contributed by atoms with E-state index >= 15 is 0 Å². The summed E-state index contributed by atoms with van der Waals surface area (Å²) in [6.45, 7) is 22.6. The maximum absolute atomic E-state index is 12.9. The Hall–Kier alpha value is -1.22. The normalized spacial score (nSPS) is 26.2. The first-order chi connectivity index (χ1) is 15.8. The summed E-state index contributed by atoms with van der Waals surface area (Å²) < 4.78 is 20.1. The van der Waals surface area contributed by atoms with Crippen molar-refractivity contribution in [3.05, 3.63) is 48.0 Å². The summed E-state index contributed by atoms with van der Waals surface area (Å²) >= 11 is 0. The highest BCUT2D eigenvalue weighted by Gasteiger charge is 2.46. The largest absolute Gasteiger partial charge is 0.454 e. The standard InChI is InChI=1S/C28H48O4Si2/c1-11-34(12-2,13-3)32-26-21(4)24(30-27(29)23-17-15-14-16-18-23)19-20-25(22(26)5)31-33(9,10)28(6,7)8/h14-22,24-26H,11-13H2,1-10H3/t21-,22+,24-,25-,26-/m1/s1. The molecule has 0 aliphatic heterocycles. The molecule has 0 fully saturated rings. The number of hydrogen-bond acceptors (Lipinski definition) is 4. The molecule has 1 aliphatic rings. The average Bonchev–Trinajstić information content (AvgIpc) is 2.90. The number of benzene rings is 1. The third kappa shape index (κ3) is 6.71. The van der Waals surface area contributed by atoms with Gasteiger partial charge in [0.25, 0.3) is 0 Å². The molecule has 6 heteroatoms. The molecule has 0 bridgehead atoms. The van der Waals surface area contributed by atoms with Gasteiger partial charge in [0, 0.05) is 11.8 Å². The van der Waals surface area contributed by atoms with E-state index in [0.29, 0.717) is 5.56 Å². The van der Waals surface area contributed by atoms with Gasteiger partial charge >= 0.3 is 5.97 Å². The predicted octanol–water partition coefficient (Wildman–Crippen LogP) is 7.83. The summed E-state index contributed by atoms with van der Waals surface area (Å²) in [6, 6.07) is 12.5. The molecule has 0 amide bonds. The van der Waals surface area contributed by atoms with E-state index in [0.717, 1.165) is 18.1 Å². The van der Waals surface area contributed by atoms with Crippen molar-refractivity contribution in [3.63, 3.8) is 0 Å². The van der Waals surface area contributed by atoms with Gasteiger partial charge in [-0.25, -0.2) is 4.79 Å². The third-order valence-electron chi connectivity index (χ3n) is 8.37. The maximum atomic E-state index is 12.9. The van der Waals surface area contributed by atoms with Gasteiger partial charge in [0.1, 0.15) is 6.10 Å². The highest BCUT2D eigenvalue weighted by Crippen LogP contribution is 2.41. The van der Waals surface area contributed by atoms with Crippen LogP contribution >= 0.6 is 0 Å². The summed E-state index contributed by atoms with van der Waals surface area (Å²) in [7, 11) is -3.88. The van der Waals surface area contributed by atoms with Gasteiger partial charge in [-0.1, -0.05) is 79.7 Å². The molecule has 0 radical (unpaired) electrons. The minimum atomic E-state index is -2.00. The van der Waals surface area contributed by atoms with E-state index < -0.39 is 16.6 Å². The molecular weight excluding hydrogens is 456 g/mol. The molecule has 4 nitrogen and oxygen atoms in total. The molecule has 2 rings (SSSR count). The first-order valence-corrected chi connectivity index (χ1v) is 18.5. The number of rotatable bonds is 9. The fraction of sp³-hybridized carbons (Fsp3) is 0.679. The zero-order valence-corrected chi connectivity index (χ0v) is 25.2. The van der Waals surface area contributed by atoms with Gasteiger partial charge in [-0.2, -0.15) is 0 Å². The Balaban J connectivity index is 2.42. The molecule has 0 aromatic heterocycles. The molecule has 1 aliphatic carbocycles. The third-order valence-corrected chi connectivity index (χ3v) is 17.5. The minimum Gasteiger partial charge on any atom is -0.454 e. The predicted molar refractivity (Wildman–Crippen MR) is 147 cm³/mol. The molecule has 1 aromatic carbocycles. The van der Waals surface area contributed by atoms with Crippen molar-refractivity contribution in [2.75, 3.05) is 0 Å². The van der Waals surface area contributed by atoms with Crippen molar-refractivity contribution < 1.29 is 18.4 Å². The molecule has 0 spiro atoms. The fourth-order valence-corrected chi connectivity index (χ4v) is 8.84. The van der Waals surface area contributed by atoms with Crippen LogP contribution in [0.25, 0.3) is 0 Å². The summed E-state index contributed by atoms with van der Waals surface area (Å²) in [5.41, 5.74) is 0.575. The SMILES string of the molecule is CC[Si](CC)(CC)O[C@H]1[C@@H](C)[C@H](O[Si](C)(C)C(C)(C)C)C=C[C@@H](OC(=O)c2ccccc2)[C@H]1C. The van der Waals surface area contributed by atoms with Crippen LogP contribution in [0.15, 0.2) is 42.5 Å². The summed E-state index contributed by atoms with van der Waals surface area (Å²) in [5.74, 6) is -0.0944. The van der Waals surface area contributed by atoms with Crippen molar-refractivity contribution in [3.8, 4) is 0 Å². The number of carbonyl (C=O) groups is 1. The Bertz CT molecular complexity index is 803. The molecule has 34 heavy (non-hydrogen) atoms. The maximum Gasteiger partial charge on any atom is 0.338 e. The molecule has 5 atom stereocenters. The lowest BCUT2D eigenvalue weighted by Crippen LogP contribution is -2.51. The van der Waals surface area contributed by atoms with E-state index in [1.165, 1.54) is 0 Å². The number of esters is 1. The van der Waals surface area contributed by atoms with Gasteiger partial charge in [-0.05, 0) is 54.5 Å². The highest BCUT2D eigenvalue weighted by molar-refractivity contribution is 6.74. The second-order valence-electron chi connectivity index (χ2n) is 11.5. The first kappa shape index (κ1) is 29.0. The average molecular weight is 505 g/mol. The summed E-state index contributed by atoms with van der Waals surface area (Å²) in [5, 5.41) is 0.114. The molecule has 1 aromatic rings. The van der Waals surface area contributed by atoms with Crippen LogP contribution in [-0.2, 0) is 13.6 Å². The second-order valence-corrected chi connectivity index (χ2v) is 21.0. The zero-order chi connectivity index (χ0) is 25.7. The van der Waals surface area contributed by atoms with Crippen molar-refractivity contribution in [2.45, 2.75) is 110 Å². The molecule has 0 N–H and O–H groups in total. The van der Waals surface area contributed by atoms with Gasteiger partial charge in [-0.15, -0.1) is 0 Å². The van der Waals surface area contributed by atoms with Crippen LogP contribution in [0.4, 0.5) is 0 Å². The molecule has 0 saturated heterocycles. The van der Waals surface area contributed by atoms with Crippen LogP contribution in [0.3, 0.4) is 0 Å². The molecule has 0 unspecified atom stereocenters. The van der Waals surface area contributed by atoms with Crippen LogP contribution in [0.2, 0.25) is 36.3 Å². The van der Waals surface area contributed by atoms with Gasteiger partial charge in [0.15, 0.2) is 16.6 Å². The van der Waals surface area contributed by atoms with Gasteiger partial charge < -0.3 is 13.6 Å². The second kappa shape index (κ2) is 11.7. The lowest BCUT2D eigenvalue weighted by Gasteiger charge is -2.44. The Morgan fingerprint density at radius 3 is 1.85 bits per heavy atom. The van der Waals surface area contributed by atoms with Crippen molar-refractivity contribution in [2.24, 2.45) is 11.8 Å². The van der Waals surface area contributed by atoms with Crippen LogP contribution < -0.4 is 0 Å². The lowest BCUT2D eigenvalue weighted by molar-refractivity contribution is -0.0169. The van der Waals surface area contributed by atoms with Crippen LogP contribution in [0.5, 0.6) is 0 Å². The Morgan fingerprint density at radius 1 is 0.853 bits per heavy atom. The Morgan fingerprint density at radius 2 is 1.35 bits per heavy atom. The summed E-state index contributed by atoms with van der Waals surface area (Å²) in [6.07, 6.45) is 3.73. The topological polar surface area (TPSA) is 44.8 Å². The van der Waals surface area contributed by atoms with Gasteiger partial charge in [-0.3, -0.25) is 0 Å². The fourth-order valence-electron chi connectivity index (χ4n) is 4.50. The van der Waals surface area contributed by atoms with Crippen LogP contribution in [-0.4, -0.2) is 40.9 Å². The molecule has 0 heterocycles. The van der Waals surface area contributed by atoms with E-state index in [4.69, 9.17) is 13.6 Å². The van der Waals surface area contributed by atoms with E-state index in [-0.39, 0.29) is 41.2 Å². The van der Waals surface area contributed by atoms with Crippen molar-refractivity contribution >= 4 is 22.6 Å². The van der Waals surface area contributed by atoms with E-state index in [2.05, 4.69) is 80.6 Å². The van der Waals surface area contributed by atoms with E-state index in [1.54, 1.807) is 12.1 Å². The van der Waals surface area contributed by atoms with E-state index in [9.17, 15) is 4.79 Å². The number of carbonyl (C=O) groups excluding carboxylic acids is 1. The van der Waals surface area contributed by atoms with Crippen molar-refractivity contribution in [1.29, 1.82) is 0 Å². The molecular formula is C28H48O4Si2. The Kier molecular flexibility index (Phi) is 9.97. The lowest BCUT2D eigenvalue weighted by atomic mass is 9.89. The van der Waals surface area contributed by atoms with Crippen LogP contribution in [0, 0.1) is 11.8 Å². The molecule has 0 saturated carbocycles. The van der Waals surface area contributed by atoms with E-state index in [1.807, 2.05) is 18.2 Å². The smallest absolute Gasteiger partial charge is 0.338 e. The quantitative estimate of drug-likeness (QED) is 0.195. The minimum absolute atomic E-state index is 0.0310. The van der Waals surface area contributed by atoms with Gasteiger partial charge in [0.2, 0.25) is 0 Å². The first-order valence-electron chi connectivity index (χ1n) is 13.1. The monoisotopic (exact) mass is 504 g/mol. The highest BCUT2D eigenvalue weighted by atomic mass is 28.4. The van der Waals surface area contributed by atoms with Crippen molar-refractivity contribution in [1.82, 2.24) is 0 Å². The van der Waals surface area contributed by atoms with Gasteiger partial charge in [0.05, 0.1) is 17.8 Å². The number of hydrogen-bond donors (Lipinski definition) is 0. The Labute approximate surface area is 210 Å². The number of ether oxygens (including phenoxy) is 1. The zero-order valence-electron chi connectivity index (χ0n) is 23.2. The molecule has 192 valence electrons. The van der Waals surface area contributed by atoms with Crippen LogP contribution in [0.1, 0.15) is 65.7 Å². The summed E-state index contributed by atoms with van der Waals surface area (Å²) in [4.78, 5) is 12.9.